The summed E-state index contributed by atoms with van der Waals surface area (Å²) >= 11 is 0. The number of sulfone groups is 1. The third-order valence-corrected chi connectivity index (χ3v) is 7.14. The molecule has 1 aromatic carbocycles. The molecule has 4 unspecified atom stereocenters. The first kappa shape index (κ1) is 24.5. The minimum Gasteiger partial charge on any atom is -0.350 e. The van der Waals surface area contributed by atoms with E-state index in [4.69, 9.17) is 27.9 Å². The van der Waals surface area contributed by atoms with Gasteiger partial charge in [-0.25, -0.2) is 8.42 Å². The van der Waals surface area contributed by atoms with Crippen molar-refractivity contribution >= 4 is 27.7 Å². The van der Waals surface area contributed by atoms with Crippen LogP contribution in [0.5, 0.6) is 0 Å². The Morgan fingerprint density at radius 3 is 1.68 bits per heavy atom. The number of hydrogen-bond donors (Lipinski definition) is 5. The van der Waals surface area contributed by atoms with Crippen LogP contribution >= 0.6 is 0 Å². The van der Waals surface area contributed by atoms with Gasteiger partial charge in [0.15, 0.2) is 9.84 Å². The van der Waals surface area contributed by atoms with Crippen LogP contribution in [0.4, 0.5) is 17.8 Å². The summed E-state index contributed by atoms with van der Waals surface area (Å²) in [4.78, 5) is 18.2. The molecule has 3 heterocycles. The van der Waals surface area contributed by atoms with Crippen molar-refractivity contribution in [3.63, 3.8) is 0 Å². The number of nitrogens with two attached hydrogens (primary N) is 4. The second-order valence-electron chi connectivity index (χ2n) is 9.35. The average molecular weight is 491 g/mol. The Morgan fingerprint density at radius 1 is 0.824 bits per heavy atom. The molecule has 186 valence electrons. The highest BCUT2D eigenvalue weighted by molar-refractivity contribution is 7.90. The number of benzene rings is 1. The summed E-state index contributed by atoms with van der Waals surface area (Å²) in [6.07, 6.45) is 2.68. The summed E-state index contributed by atoms with van der Waals surface area (Å²) in [5, 5.41) is 3.23. The van der Waals surface area contributed by atoms with E-state index >= 15 is 0 Å². The summed E-state index contributed by atoms with van der Waals surface area (Å²) in [5.74, 6) is 1.39. The molecule has 0 aliphatic carbocycles. The predicted molar refractivity (Wildman–Crippen MR) is 132 cm³/mol. The zero-order chi connectivity index (χ0) is 24.5. The van der Waals surface area contributed by atoms with Crippen molar-refractivity contribution in [2.24, 2.45) is 22.9 Å². The number of anilines is 3. The van der Waals surface area contributed by atoms with Gasteiger partial charge < -0.3 is 38.1 Å². The minimum atomic E-state index is -3.25. The zero-order valence-electron chi connectivity index (χ0n) is 19.3. The van der Waals surface area contributed by atoms with Gasteiger partial charge >= 0.3 is 0 Å². The smallest absolute Gasteiger partial charge is 0.232 e. The summed E-state index contributed by atoms with van der Waals surface area (Å²) in [6, 6.07) is 6.44. The van der Waals surface area contributed by atoms with E-state index in [2.05, 4.69) is 15.3 Å². The van der Waals surface area contributed by atoms with Gasteiger partial charge in [-0.2, -0.15) is 15.0 Å². The number of nitrogens with zero attached hydrogens (tertiary/aromatic N) is 5. The van der Waals surface area contributed by atoms with Gasteiger partial charge in [-0.15, -0.1) is 0 Å². The van der Waals surface area contributed by atoms with Crippen molar-refractivity contribution in [3.05, 3.63) is 29.8 Å². The maximum absolute atomic E-state index is 11.7. The van der Waals surface area contributed by atoms with E-state index in [0.717, 1.165) is 18.4 Å². The van der Waals surface area contributed by atoms with Gasteiger partial charge in [-0.1, -0.05) is 12.1 Å². The van der Waals surface area contributed by atoms with Gasteiger partial charge in [0.05, 0.1) is 4.90 Å². The number of nitrogens with one attached hydrogen (secondary N) is 1. The molecule has 12 nitrogen and oxygen atoms in total. The number of rotatable bonds is 6. The van der Waals surface area contributed by atoms with Gasteiger partial charge in [0, 0.05) is 63.1 Å². The van der Waals surface area contributed by atoms with E-state index in [1.54, 1.807) is 24.3 Å². The topological polar surface area (TPSA) is 195 Å². The Kier molecular flexibility index (Phi) is 7.19. The molecule has 2 aliphatic heterocycles. The van der Waals surface area contributed by atoms with Crippen molar-refractivity contribution in [1.29, 1.82) is 0 Å². The SMILES string of the molecule is CS(=O)(=O)c1ccc(CNc2nc(N3CC(N)CC(N)C3)nc(N3CC(N)CC(N)C3)n2)cc1. The highest BCUT2D eigenvalue weighted by Crippen LogP contribution is 2.22. The molecule has 0 radical (unpaired) electrons. The van der Waals surface area contributed by atoms with Crippen LogP contribution in [-0.4, -0.2) is 80.0 Å². The molecular weight excluding hydrogens is 456 g/mol. The lowest BCUT2D eigenvalue weighted by atomic mass is 10.0. The Hall–Kier alpha value is -2.58. The van der Waals surface area contributed by atoms with Crippen LogP contribution in [0, 0.1) is 0 Å². The maximum atomic E-state index is 11.7. The molecule has 2 aliphatic rings. The molecule has 0 spiro atoms. The third-order valence-electron chi connectivity index (χ3n) is 6.01. The van der Waals surface area contributed by atoms with Crippen molar-refractivity contribution in [3.8, 4) is 0 Å². The van der Waals surface area contributed by atoms with E-state index in [0.29, 0.717) is 50.6 Å². The summed E-state index contributed by atoms with van der Waals surface area (Å²) in [7, 11) is -3.25. The zero-order valence-corrected chi connectivity index (χ0v) is 20.2. The molecule has 0 amide bonds. The molecule has 2 fully saturated rings. The molecular formula is C21H34N10O2S. The Balaban J connectivity index is 1.59. The van der Waals surface area contributed by atoms with E-state index in [1.807, 2.05) is 9.80 Å². The Bertz CT molecular complexity index is 1030. The van der Waals surface area contributed by atoms with Crippen molar-refractivity contribution in [2.75, 3.05) is 47.6 Å². The van der Waals surface area contributed by atoms with Crippen LogP contribution in [0.15, 0.2) is 29.2 Å². The van der Waals surface area contributed by atoms with Crippen LogP contribution in [0.1, 0.15) is 18.4 Å². The first-order valence-electron chi connectivity index (χ1n) is 11.4. The molecule has 4 rings (SSSR count). The van der Waals surface area contributed by atoms with E-state index in [1.165, 1.54) is 6.26 Å². The largest absolute Gasteiger partial charge is 0.350 e. The molecule has 2 aromatic rings. The maximum Gasteiger partial charge on any atom is 0.232 e. The van der Waals surface area contributed by atoms with E-state index in [-0.39, 0.29) is 29.1 Å². The molecule has 13 heteroatoms. The highest BCUT2D eigenvalue weighted by Gasteiger charge is 2.28. The second kappa shape index (κ2) is 9.96. The molecule has 2 saturated heterocycles. The van der Waals surface area contributed by atoms with Crippen molar-refractivity contribution < 1.29 is 8.42 Å². The monoisotopic (exact) mass is 490 g/mol. The molecule has 9 N–H and O–H groups in total. The fourth-order valence-electron chi connectivity index (χ4n) is 4.44. The van der Waals surface area contributed by atoms with Crippen molar-refractivity contribution in [2.45, 2.75) is 48.4 Å². The number of aromatic nitrogens is 3. The van der Waals surface area contributed by atoms with Gasteiger partial charge in [0.2, 0.25) is 17.8 Å². The normalized spacial score (nSPS) is 25.9. The van der Waals surface area contributed by atoms with Gasteiger partial charge in [0.25, 0.3) is 0 Å². The summed E-state index contributed by atoms with van der Waals surface area (Å²) in [5.41, 5.74) is 25.7. The quantitative estimate of drug-likeness (QED) is 0.319. The van der Waals surface area contributed by atoms with Crippen LogP contribution in [0.2, 0.25) is 0 Å². The Labute approximate surface area is 200 Å². The van der Waals surface area contributed by atoms with E-state index in [9.17, 15) is 8.42 Å². The molecule has 0 bridgehead atoms. The molecule has 0 saturated carbocycles. The number of piperidine rings is 2. The van der Waals surface area contributed by atoms with Crippen LogP contribution < -0.4 is 38.1 Å². The van der Waals surface area contributed by atoms with Crippen LogP contribution in [0.25, 0.3) is 0 Å². The van der Waals surface area contributed by atoms with Crippen molar-refractivity contribution in [1.82, 2.24) is 15.0 Å². The summed E-state index contributed by atoms with van der Waals surface area (Å²) < 4.78 is 23.4. The fourth-order valence-corrected chi connectivity index (χ4v) is 5.07. The molecule has 1 aromatic heterocycles. The standard InChI is InChI=1S/C21H34N10O2S/c1-34(32,33)18-4-2-13(3-5-18)8-26-19-27-20(30-9-14(22)6-15(23)10-30)29-21(28-19)31-11-16(24)7-17(25)12-31/h2-5,14-17H,6-12,22-25H2,1H3,(H,26,27,28,29). The third kappa shape index (κ3) is 6.10. The van der Waals surface area contributed by atoms with Crippen LogP contribution in [-0.2, 0) is 16.4 Å². The summed E-state index contributed by atoms with van der Waals surface area (Å²) in [6.45, 7) is 2.81. The average Bonchev–Trinajstić information content (AvgIpc) is 2.76. The lowest BCUT2D eigenvalue weighted by molar-refractivity contribution is 0.441. The molecule has 34 heavy (non-hydrogen) atoms. The highest BCUT2D eigenvalue weighted by atomic mass is 32.2. The second-order valence-corrected chi connectivity index (χ2v) is 11.4. The Morgan fingerprint density at radius 2 is 1.26 bits per heavy atom. The van der Waals surface area contributed by atoms with Gasteiger partial charge in [0.1, 0.15) is 0 Å². The van der Waals surface area contributed by atoms with Gasteiger partial charge in [-0.05, 0) is 30.5 Å². The minimum absolute atomic E-state index is 0.0643. The fraction of sp³-hybridized carbons (Fsp3) is 0.571. The lowest BCUT2D eigenvalue weighted by Crippen LogP contribution is -2.54. The van der Waals surface area contributed by atoms with E-state index < -0.39 is 9.84 Å². The molecule has 4 atom stereocenters. The van der Waals surface area contributed by atoms with Crippen LogP contribution in [0.3, 0.4) is 0 Å². The lowest BCUT2D eigenvalue weighted by Gasteiger charge is -2.37. The predicted octanol–water partition coefficient (Wildman–Crippen LogP) is -1.38. The number of hydrogen-bond acceptors (Lipinski definition) is 12. The van der Waals surface area contributed by atoms with Gasteiger partial charge in [-0.3, -0.25) is 0 Å². The first-order chi connectivity index (χ1) is 16.1. The first-order valence-corrected chi connectivity index (χ1v) is 13.3.